The molecule has 2 amide bonds. The van der Waals surface area contributed by atoms with Gasteiger partial charge in [-0.2, -0.15) is 0 Å². The number of carbonyl (C=O) groups excluding carboxylic acids is 1. The van der Waals surface area contributed by atoms with E-state index in [9.17, 15) is 4.79 Å². The SMILES string of the molecule is NCc1ccc(N(C(N)=O)c2cccc(OCc3ccccc3)c2)cc1. The summed E-state index contributed by atoms with van der Waals surface area (Å²) in [6.45, 7) is 0.895. The molecule has 5 nitrogen and oxygen atoms in total. The quantitative estimate of drug-likeness (QED) is 0.708. The summed E-state index contributed by atoms with van der Waals surface area (Å²) in [5.41, 5.74) is 14.6. The van der Waals surface area contributed by atoms with Gasteiger partial charge in [-0.05, 0) is 35.4 Å². The number of amides is 2. The monoisotopic (exact) mass is 347 g/mol. The van der Waals surface area contributed by atoms with Gasteiger partial charge in [-0.25, -0.2) is 4.79 Å². The zero-order valence-corrected chi connectivity index (χ0v) is 14.3. The van der Waals surface area contributed by atoms with Gasteiger partial charge in [0, 0.05) is 12.6 Å². The minimum atomic E-state index is -0.564. The number of hydrogen-bond donors (Lipinski definition) is 2. The number of nitrogens with zero attached hydrogens (tertiary/aromatic N) is 1. The third-order valence-electron chi connectivity index (χ3n) is 3.97. The molecule has 132 valence electrons. The Labute approximate surface area is 152 Å². The van der Waals surface area contributed by atoms with Crippen LogP contribution in [0.4, 0.5) is 16.2 Å². The van der Waals surface area contributed by atoms with E-state index < -0.39 is 6.03 Å². The zero-order valence-electron chi connectivity index (χ0n) is 14.3. The van der Waals surface area contributed by atoms with E-state index in [0.717, 1.165) is 11.1 Å². The largest absolute Gasteiger partial charge is 0.489 e. The summed E-state index contributed by atoms with van der Waals surface area (Å²) < 4.78 is 5.84. The van der Waals surface area contributed by atoms with Crippen molar-refractivity contribution in [1.82, 2.24) is 0 Å². The highest BCUT2D eigenvalue weighted by Crippen LogP contribution is 2.28. The highest BCUT2D eigenvalue weighted by molar-refractivity contribution is 5.98. The Balaban J connectivity index is 1.82. The van der Waals surface area contributed by atoms with Crippen LogP contribution in [0, 0.1) is 0 Å². The summed E-state index contributed by atoms with van der Waals surface area (Å²) in [5, 5.41) is 0. The fraction of sp³-hybridized carbons (Fsp3) is 0.0952. The normalized spacial score (nSPS) is 10.3. The van der Waals surface area contributed by atoms with Crippen LogP contribution in [0.5, 0.6) is 5.75 Å². The minimum Gasteiger partial charge on any atom is -0.489 e. The molecular formula is C21H21N3O2. The van der Waals surface area contributed by atoms with E-state index in [0.29, 0.717) is 30.3 Å². The maximum atomic E-state index is 12.0. The van der Waals surface area contributed by atoms with Gasteiger partial charge in [-0.15, -0.1) is 0 Å². The topological polar surface area (TPSA) is 81.6 Å². The van der Waals surface area contributed by atoms with Gasteiger partial charge in [-0.1, -0.05) is 48.5 Å². The van der Waals surface area contributed by atoms with Crippen LogP contribution in [0.2, 0.25) is 0 Å². The third kappa shape index (κ3) is 4.20. The second-order valence-corrected chi connectivity index (χ2v) is 5.82. The second kappa shape index (κ2) is 8.18. The Bertz CT molecular complexity index is 864. The molecule has 0 saturated heterocycles. The van der Waals surface area contributed by atoms with Gasteiger partial charge in [0.05, 0.1) is 11.4 Å². The molecule has 3 aromatic carbocycles. The van der Waals surface area contributed by atoms with Gasteiger partial charge in [0.15, 0.2) is 0 Å². The number of urea groups is 1. The summed E-state index contributed by atoms with van der Waals surface area (Å²) in [6, 6.07) is 24.0. The van der Waals surface area contributed by atoms with E-state index in [1.165, 1.54) is 4.90 Å². The van der Waals surface area contributed by atoms with Crippen molar-refractivity contribution >= 4 is 17.4 Å². The molecule has 0 bridgehead atoms. The lowest BCUT2D eigenvalue weighted by Gasteiger charge is -2.21. The van der Waals surface area contributed by atoms with Crippen molar-refractivity contribution in [1.29, 1.82) is 0 Å². The molecule has 0 unspecified atom stereocenters. The van der Waals surface area contributed by atoms with E-state index in [4.69, 9.17) is 16.2 Å². The fourth-order valence-electron chi connectivity index (χ4n) is 2.64. The molecule has 4 N–H and O–H groups in total. The molecule has 0 spiro atoms. The lowest BCUT2D eigenvalue weighted by atomic mass is 10.2. The summed E-state index contributed by atoms with van der Waals surface area (Å²) in [4.78, 5) is 13.5. The molecule has 0 atom stereocenters. The molecule has 0 fully saturated rings. The van der Waals surface area contributed by atoms with Crippen LogP contribution < -0.4 is 21.1 Å². The van der Waals surface area contributed by atoms with Gasteiger partial charge in [0.1, 0.15) is 12.4 Å². The smallest absolute Gasteiger partial charge is 0.323 e. The minimum absolute atomic E-state index is 0.444. The average molecular weight is 347 g/mol. The van der Waals surface area contributed by atoms with Crippen LogP contribution in [0.1, 0.15) is 11.1 Å². The van der Waals surface area contributed by atoms with Crippen LogP contribution in [0.25, 0.3) is 0 Å². The molecule has 0 heterocycles. The molecule has 0 aromatic heterocycles. The van der Waals surface area contributed by atoms with E-state index in [2.05, 4.69) is 0 Å². The maximum Gasteiger partial charge on any atom is 0.323 e. The number of carbonyl (C=O) groups is 1. The van der Waals surface area contributed by atoms with E-state index in [1.807, 2.05) is 72.8 Å². The van der Waals surface area contributed by atoms with Gasteiger partial charge in [0.2, 0.25) is 0 Å². The van der Waals surface area contributed by atoms with Crippen LogP contribution >= 0.6 is 0 Å². The molecule has 0 aliphatic carbocycles. The average Bonchev–Trinajstić information content (AvgIpc) is 2.68. The molecule has 3 aromatic rings. The Kier molecular flexibility index (Phi) is 5.51. The Hall–Kier alpha value is -3.31. The predicted molar refractivity (Wildman–Crippen MR) is 103 cm³/mol. The van der Waals surface area contributed by atoms with Gasteiger partial charge in [0.25, 0.3) is 0 Å². The fourth-order valence-corrected chi connectivity index (χ4v) is 2.64. The number of benzene rings is 3. The summed E-state index contributed by atoms with van der Waals surface area (Å²) >= 11 is 0. The first kappa shape index (κ1) is 17.5. The lowest BCUT2D eigenvalue weighted by Crippen LogP contribution is -2.31. The highest BCUT2D eigenvalue weighted by atomic mass is 16.5. The van der Waals surface area contributed by atoms with Gasteiger partial charge >= 0.3 is 6.03 Å². The standard InChI is InChI=1S/C21H21N3O2/c22-14-16-9-11-18(12-10-16)24(21(23)25)19-7-4-8-20(13-19)26-15-17-5-2-1-3-6-17/h1-13H,14-15,22H2,(H2,23,25). The maximum absolute atomic E-state index is 12.0. The van der Waals surface area contributed by atoms with Crippen LogP contribution in [0.3, 0.4) is 0 Å². The zero-order chi connectivity index (χ0) is 18.4. The first-order valence-electron chi connectivity index (χ1n) is 8.33. The highest BCUT2D eigenvalue weighted by Gasteiger charge is 2.15. The molecule has 26 heavy (non-hydrogen) atoms. The van der Waals surface area contributed by atoms with E-state index in [1.54, 1.807) is 6.07 Å². The van der Waals surface area contributed by atoms with Crippen LogP contribution in [-0.4, -0.2) is 6.03 Å². The molecule has 5 heteroatoms. The van der Waals surface area contributed by atoms with Crippen molar-refractivity contribution in [2.75, 3.05) is 4.90 Å². The van der Waals surface area contributed by atoms with Crippen molar-refractivity contribution in [3.63, 3.8) is 0 Å². The van der Waals surface area contributed by atoms with Crippen LogP contribution in [0.15, 0.2) is 78.9 Å². The number of rotatable bonds is 6. The van der Waals surface area contributed by atoms with Gasteiger partial charge < -0.3 is 16.2 Å². The summed E-state index contributed by atoms with van der Waals surface area (Å²) in [5.74, 6) is 0.663. The number of primary amides is 1. The van der Waals surface area contributed by atoms with Crippen molar-refractivity contribution in [3.05, 3.63) is 90.0 Å². The number of anilines is 2. The molecule has 0 aliphatic rings. The predicted octanol–water partition coefficient (Wildman–Crippen LogP) is 3.94. The Morgan fingerprint density at radius 2 is 1.58 bits per heavy atom. The van der Waals surface area contributed by atoms with Crippen LogP contribution in [-0.2, 0) is 13.2 Å². The molecule has 0 saturated carbocycles. The lowest BCUT2D eigenvalue weighted by molar-refractivity contribution is 0.256. The number of nitrogens with two attached hydrogens (primary N) is 2. The van der Waals surface area contributed by atoms with Crippen molar-refractivity contribution in [2.24, 2.45) is 11.5 Å². The Morgan fingerprint density at radius 3 is 2.23 bits per heavy atom. The number of hydrogen-bond acceptors (Lipinski definition) is 3. The third-order valence-corrected chi connectivity index (χ3v) is 3.97. The second-order valence-electron chi connectivity index (χ2n) is 5.82. The van der Waals surface area contributed by atoms with E-state index >= 15 is 0 Å². The molecule has 0 aliphatic heterocycles. The number of ether oxygens (including phenoxy) is 1. The summed E-state index contributed by atoms with van der Waals surface area (Å²) in [6.07, 6.45) is 0. The van der Waals surface area contributed by atoms with Crippen molar-refractivity contribution in [2.45, 2.75) is 13.2 Å². The first-order valence-corrected chi connectivity index (χ1v) is 8.33. The van der Waals surface area contributed by atoms with Crippen molar-refractivity contribution in [3.8, 4) is 5.75 Å². The summed E-state index contributed by atoms with van der Waals surface area (Å²) in [7, 11) is 0. The first-order chi connectivity index (χ1) is 12.7. The molecular weight excluding hydrogens is 326 g/mol. The Morgan fingerprint density at radius 1 is 0.846 bits per heavy atom. The molecule has 3 rings (SSSR count). The van der Waals surface area contributed by atoms with Crippen molar-refractivity contribution < 1.29 is 9.53 Å². The molecule has 0 radical (unpaired) electrons. The van der Waals surface area contributed by atoms with E-state index in [-0.39, 0.29) is 0 Å². The van der Waals surface area contributed by atoms with Gasteiger partial charge in [-0.3, -0.25) is 4.90 Å².